The standard InChI is InChI=1S/C8H6F6O2/c1-15-3-4(16-2)6(10)5(3,9)7(11,12)8(6,13)14/h1-2H3. The Labute approximate surface area is 85.8 Å². The van der Waals surface area contributed by atoms with Crippen molar-refractivity contribution in [1.29, 1.82) is 0 Å². The van der Waals surface area contributed by atoms with Gasteiger partial charge in [0.05, 0.1) is 14.2 Å². The number of allylic oxidation sites excluding steroid dienone is 2. The Bertz CT molecular complexity index is 356. The first-order chi connectivity index (χ1) is 7.14. The molecule has 92 valence electrons. The summed E-state index contributed by atoms with van der Waals surface area (Å²) in [5.41, 5.74) is -8.30. The molecule has 1 saturated carbocycles. The van der Waals surface area contributed by atoms with Crippen LogP contribution in [0.5, 0.6) is 0 Å². The zero-order valence-corrected chi connectivity index (χ0v) is 8.08. The largest absolute Gasteiger partial charge is 0.494 e. The van der Waals surface area contributed by atoms with Gasteiger partial charge in [-0.15, -0.1) is 0 Å². The number of alkyl halides is 6. The van der Waals surface area contributed by atoms with E-state index in [1.54, 1.807) is 0 Å². The van der Waals surface area contributed by atoms with Crippen molar-refractivity contribution < 1.29 is 35.8 Å². The lowest BCUT2D eigenvalue weighted by molar-refractivity contribution is -0.445. The molecule has 0 radical (unpaired) electrons. The van der Waals surface area contributed by atoms with Crippen LogP contribution in [0.1, 0.15) is 0 Å². The molecule has 1 fully saturated rings. The second kappa shape index (κ2) is 2.43. The summed E-state index contributed by atoms with van der Waals surface area (Å²) in [5.74, 6) is -12.8. The molecule has 0 bridgehead atoms. The fourth-order valence-corrected chi connectivity index (χ4v) is 2.12. The summed E-state index contributed by atoms with van der Waals surface area (Å²) in [6.07, 6.45) is 0. The number of methoxy groups -OCH3 is 2. The highest BCUT2D eigenvalue weighted by atomic mass is 19.3. The molecule has 0 aromatic rings. The second-order valence-electron chi connectivity index (χ2n) is 3.53. The highest BCUT2D eigenvalue weighted by Gasteiger charge is 3.06. The van der Waals surface area contributed by atoms with Gasteiger partial charge in [-0.25, -0.2) is 8.78 Å². The van der Waals surface area contributed by atoms with Crippen LogP contribution >= 0.6 is 0 Å². The Morgan fingerprint density at radius 1 is 0.688 bits per heavy atom. The van der Waals surface area contributed by atoms with Crippen molar-refractivity contribution in [3.63, 3.8) is 0 Å². The van der Waals surface area contributed by atoms with Crippen LogP contribution in [0.4, 0.5) is 26.3 Å². The van der Waals surface area contributed by atoms with Gasteiger partial charge < -0.3 is 9.47 Å². The van der Waals surface area contributed by atoms with Gasteiger partial charge >= 0.3 is 11.8 Å². The van der Waals surface area contributed by atoms with Crippen molar-refractivity contribution >= 4 is 0 Å². The molecule has 2 rings (SSSR count). The SMILES string of the molecule is COC1=C(OC)C2(F)C(F)(F)C(F)(F)C12F. The highest BCUT2D eigenvalue weighted by molar-refractivity contribution is 5.58. The molecular weight excluding hydrogens is 242 g/mol. The van der Waals surface area contributed by atoms with Gasteiger partial charge in [0.2, 0.25) is 0 Å². The summed E-state index contributed by atoms with van der Waals surface area (Å²) in [6.45, 7) is 0. The number of rotatable bonds is 2. The van der Waals surface area contributed by atoms with Crippen molar-refractivity contribution in [2.24, 2.45) is 0 Å². The molecular formula is C8H6F6O2. The molecule has 0 spiro atoms. The molecule has 2 nitrogen and oxygen atoms in total. The molecule has 0 heterocycles. The maximum Gasteiger partial charge on any atom is 0.358 e. The van der Waals surface area contributed by atoms with Crippen molar-refractivity contribution in [3.8, 4) is 0 Å². The predicted molar refractivity (Wildman–Crippen MR) is 38.6 cm³/mol. The molecule has 2 aliphatic rings. The van der Waals surface area contributed by atoms with Gasteiger partial charge in [-0.3, -0.25) is 0 Å². The molecule has 0 aromatic carbocycles. The Morgan fingerprint density at radius 3 is 1.12 bits per heavy atom. The maximum atomic E-state index is 13.6. The molecule has 0 N–H and O–H groups in total. The van der Waals surface area contributed by atoms with E-state index in [1.165, 1.54) is 0 Å². The van der Waals surface area contributed by atoms with E-state index in [2.05, 4.69) is 9.47 Å². The number of hydrogen-bond acceptors (Lipinski definition) is 2. The summed E-state index contributed by atoms with van der Waals surface area (Å²) < 4.78 is 86.9. The zero-order valence-electron chi connectivity index (χ0n) is 8.08. The van der Waals surface area contributed by atoms with Crippen LogP contribution in [0.25, 0.3) is 0 Å². The van der Waals surface area contributed by atoms with E-state index in [4.69, 9.17) is 0 Å². The molecule has 0 amide bonds. The zero-order chi connectivity index (χ0) is 12.6. The number of hydrogen-bond donors (Lipinski definition) is 0. The summed E-state index contributed by atoms with van der Waals surface area (Å²) >= 11 is 0. The second-order valence-corrected chi connectivity index (χ2v) is 3.53. The van der Waals surface area contributed by atoms with E-state index in [9.17, 15) is 26.3 Å². The summed E-state index contributed by atoms with van der Waals surface area (Å²) in [7, 11) is 1.53. The van der Waals surface area contributed by atoms with Gasteiger partial charge in [-0.1, -0.05) is 0 Å². The Morgan fingerprint density at radius 2 is 0.938 bits per heavy atom. The predicted octanol–water partition coefficient (Wildman–Crippen LogP) is 2.21. The lowest BCUT2D eigenvalue weighted by atomic mass is 9.52. The minimum atomic E-state index is -5.15. The van der Waals surface area contributed by atoms with Crippen molar-refractivity contribution in [3.05, 3.63) is 11.5 Å². The highest BCUT2D eigenvalue weighted by Crippen LogP contribution is 2.78. The average molecular weight is 248 g/mol. The van der Waals surface area contributed by atoms with Crippen LogP contribution in [0.15, 0.2) is 11.5 Å². The summed E-state index contributed by atoms with van der Waals surface area (Å²) in [6, 6.07) is 0. The molecule has 0 aliphatic heterocycles. The van der Waals surface area contributed by atoms with E-state index in [0.29, 0.717) is 0 Å². The van der Waals surface area contributed by atoms with Gasteiger partial charge in [-0.2, -0.15) is 17.6 Å². The third kappa shape index (κ3) is 0.609. The van der Waals surface area contributed by atoms with Crippen LogP contribution in [-0.4, -0.2) is 37.4 Å². The molecule has 0 aromatic heterocycles. The molecule has 0 saturated heterocycles. The lowest BCUT2D eigenvalue weighted by Gasteiger charge is -2.63. The fourth-order valence-electron chi connectivity index (χ4n) is 2.12. The normalized spacial score (nSPS) is 43.0. The topological polar surface area (TPSA) is 18.5 Å². The molecule has 2 aliphatic carbocycles. The third-order valence-electron chi connectivity index (χ3n) is 2.97. The minimum Gasteiger partial charge on any atom is -0.494 e. The Hall–Kier alpha value is -1.08. The van der Waals surface area contributed by atoms with E-state index in [0.717, 1.165) is 14.2 Å². The van der Waals surface area contributed by atoms with Gasteiger partial charge in [0.15, 0.2) is 11.5 Å². The van der Waals surface area contributed by atoms with Crippen molar-refractivity contribution in [2.75, 3.05) is 14.2 Å². The fraction of sp³-hybridized carbons (Fsp3) is 0.750. The number of halogens is 6. The first kappa shape index (κ1) is 11.4. The van der Waals surface area contributed by atoms with E-state index < -0.39 is 34.7 Å². The quantitative estimate of drug-likeness (QED) is 0.697. The van der Waals surface area contributed by atoms with Crippen LogP contribution in [0.2, 0.25) is 0 Å². The van der Waals surface area contributed by atoms with Gasteiger partial charge in [0.25, 0.3) is 11.3 Å². The van der Waals surface area contributed by atoms with Crippen molar-refractivity contribution in [2.45, 2.75) is 23.2 Å². The van der Waals surface area contributed by atoms with Crippen LogP contribution in [-0.2, 0) is 9.47 Å². The maximum absolute atomic E-state index is 13.6. The molecule has 8 heteroatoms. The van der Waals surface area contributed by atoms with Crippen LogP contribution < -0.4 is 0 Å². The first-order valence-electron chi connectivity index (χ1n) is 4.11. The van der Waals surface area contributed by atoms with E-state index >= 15 is 0 Å². The number of fused-ring (bicyclic) bond motifs is 1. The molecule has 16 heavy (non-hydrogen) atoms. The Balaban J connectivity index is 2.63. The van der Waals surface area contributed by atoms with Gasteiger partial charge in [0, 0.05) is 0 Å². The Kier molecular flexibility index (Phi) is 1.73. The average Bonchev–Trinajstić information content (AvgIpc) is 2.21. The third-order valence-corrected chi connectivity index (χ3v) is 2.97. The van der Waals surface area contributed by atoms with Crippen LogP contribution in [0, 0.1) is 0 Å². The summed E-state index contributed by atoms with van der Waals surface area (Å²) in [4.78, 5) is 0. The monoisotopic (exact) mass is 248 g/mol. The first-order valence-corrected chi connectivity index (χ1v) is 4.11. The van der Waals surface area contributed by atoms with Crippen LogP contribution in [0.3, 0.4) is 0 Å². The van der Waals surface area contributed by atoms with E-state index in [-0.39, 0.29) is 0 Å². The van der Waals surface area contributed by atoms with E-state index in [1.807, 2.05) is 0 Å². The molecule has 2 unspecified atom stereocenters. The molecule has 2 atom stereocenters. The lowest BCUT2D eigenvalue weighted by Crippen LogP contribution is -2.91. The minimum absolute atomic E-state index is 0.766. The van der Waals surface area contributed by atoms with Gasteiger partial charge in [0.1, 0.15) is 0 Å². The number of ether oxygens (including phenoxy) is 2. The van der Waals surface area contributed by atoms with Crippen molar-refractivity contribution in [1.82, 2.24) is 0 Å². The van der Waals surface area contributed by atoms with Gasteiger partial charge in [-0.05, 0) is 0 Å². The summed E-state index contributed by atoms with van der Waals surface area (Å²) in [5, 5.41) is 0. The smallest absolute Gasteiger partial charge is 0.358 e.